The van der Waals surface area contributed by atoms with E-state index in [1.54, 1.807) is 18.2 Å². The van der Waals surface area contributed by atoms with Gasteiger partial charge in [-0.05, 0) is 36.2 Å². The molecule has 9 heteroatoms. The van der Waals surface area contributed by atoms with Crippen molar-refractivity contribution >= 4 is 27.2 Å². The van der Waals surface area contributed by atoms with Gasteiger partial charge in [0.1, 0.15) is 11.9 Å². The van der Waals surface area contributed by atoms with Crippen LogP contribution in [0.4, 0.5) is 17.1 Å². The highest BCUT2D eigenvalue weighted by molar-refractivity contribution is 7.85. The minimum atomic E-state index is -3.93. The Morgan fingerprint density at radius 1 is 1.12 bits per heavy atom. The van der Waals surface area contributed by atoms with Crippen LogP contribution in [-0.4, -0.2) is 31.9 Å². The third-order valence-corrected chi connectivity index (χ3v) is 4.26. The van der Waals surface area contributed by atoms with Gasteiger partial charge in [-0.15, -0.1) is 0 Å². The Morgan fingerprint density at radius 2 is 1.81 bits per heavy atom. The molecule has 0 radical (unpaired) electrons. The van der Waals surface area contributed by atoms with Crippen molar-refractivity contribution in [3.05, 3.63) is 48.0 Å². The van der Waals surface area contributed by atoms with Gasteiger partial charge in [0.25, 0.3) is 10.1 Å². The van der Waals surface area contributed by atoms with Crippen molar-refractivity contribution in [3.8, 4) is 5.75 Å². The summed E-state index contributed by atoms with van der Waals surface area (Å²) in [5.41, 5.74) is 19.7. The summed E-state index contributed by atoms with van der Waals surface area (Å²) in [4.78, 5) is 0. The molecule has 1 aliphatic rings. The van der Waals surface area contributed by atoms with Crippen LogP contribution in [0.2, 0.25) is 0 Å². The Morgan fingerprint density at radius 3 is 2.42 bits per heavy atom. The lowest BCUT2D eigenvalue weighted by Crippen LogP contribution is -2.09. The molecule has 1 saturated heterocycles. The number of nitrogen functional groups attached to an aromatic ring is 3. The Balaban J connectivity index is 0.000000206. The second kappa shape index (κ2) is 8.75. The van der Waals surface area contributed by atoms with Crippen LogP contribution < -0.4 is 21.9 Å². The zero-order chi connectivity index (χ0) is 19.2. The van der Waals surface area contributed by atoms with Gasteiger partial charge in [-0.2, -0.15) is 8.42 Å². The maximum Gasteiger partial charge on any atom is 0.264 e. The maximum atomic E-state index is 10.4. The van der Waals surface area contributed by atoms with Crippen molar-refractivity contribution in [2.45, 2.75) is 12.5 Å². The van der Waals surface area contributed by atoms with E-state index < -0.39 is 10.1 Å². The third-order valence-electron chi connectivity index (χ3n) is 3.46. The monoisotopic (exact) mass is 381 g/mol. The molecule has 0 aromatic heterocycles. The molecule has 0 amide bonds. The molecule has 0 spiro atoms. The lowest BCUT2D eigenvalue weighted by Gasteiger charge is -2.08. The number of hydrogen-bond donors (Lipinski definition) is 4. The van der Waals surface area contributed by atoms with Crippen LogP contribution in [0.25, 0.3) is 0 Å². The highest BCUT2D eigenvalue weighted by Gasteiger charge is 2.24. The van der Waals surface area contributed by atoms with E-state index in [0.717, 1.165) is 12.3 Å². The molecule has 26 heavy (non-hydrogen) atoms. The number of rotatable bonds is 6. The largest absolute Gasteiger partial charge is 0.491 e. The SMILES string of the molecule is Nc1ccc(N)c(OCCCS(=O)(=O)O)c1.Nc1cccc(C2CO2)c1. The molecule has 1 aliphatic heterocycles. The topological polar surface area (TPSA) is 154 Å². The number of ether oxygens (including phenoxy) is 2. The molecule has 0 bridgehead atoms. The Labute approximate surface area is 152 Å². The molecule has 2 aromatic rings. The molecule has 1 fully saturated rings. The molecule has 2 aromatic carbocycles. The molecule has 142 valence electrons. The lowest BCUT2D eigenvalue weighted by atomic mass is 10.1. The Kier molecular flexibility index (Phi) is 6.67. The fourth-order valence-corrected chi connectivity index (χ4v) is 2.58. The van der Waals surface area contributed by atoms with E-state index in [1.807, 2.05) is 24.3 Å². The smallest absolute Gasteiger partial charge is 0.264 e. The Hall–Kier alpha value is -2.49. The summed E-state index contributed by atoms with van der Waals surface area (Å²) in [6.07, 6.45) is 0.510. The summed E-state index contributed by atoms with van der Waals surface area (Å²) in [6, 6.07) is 12.6. The first kappa shape index (κ1) is 19.8. The van der Waals surface area contributed by atoms with Gasteiger partial charge >= 0.3 is 0 Å². The molecule has 8 nitrogen and oxygen atoms in total. The van der Waals surface area contributed by atoms with E-state index in [2.05, 4.69) is 0 Å². The van der Waals surface area contributed by atoms with Crippen molar-refractivity contribution < 1.29 is 22.4 Å². The van der Waals surface area contributed by atoms with Gasteiger partial charge in [0.15, 0.2) is 0 Å². The van der Waals surface area contributed by atoms with Crippen LogP contribution in [-0.2, 0) is 14.9 Å². The standard InChI is InChI=1S/C9H14N2O4S.C8H9NO/c10-7-2-3-8(11)9(6-7)15-4-1-5-16(12,13)14;9-7-3-1-2-6(4-7)8-5-10-8/h2-3,6H,1,4-5,10-11H2,(H,12,13,14);1-4,8H,5,9H2. The van der Waals surface area contributed by atoms with E-state index in [1.165, 1.54) is 5.56 Å². The first-order valence-electron chi connectivity index (χ1n) is 7.94. The summed E-state index contributed by atoms with van der Waals surface area (Å²) in [6.45, 7) is 0.997. The number of nitrogens with two attached hydrogens (primary N) is 3. The molecule has 0 aliphatic carbocycles. The predicted octanol–water partition coefficient (Wildman–Crippen LogP) is 1.85. The normalized spacial score (nSPS) is 15.7. The van der Waals surface area contributed by atoms with E-state index in [-0.39, 0.29) is 18.8 Å². The van der Waals surface area contributed by atoms with Gasteiger partial charge in [-0.25, -0.2) is 0 Å². The zero-order valence-corrected chi connectivity index (χ0v) is 15.0. The van der Waals surface area contributed by atoms with E-state index in [4.69, 9.17) is 31.2 Å². The number of hydrogen-bond acceptors (Lipinski definition) is 7. The van der Waals surface area contributed by atoms with E-state index >= 15 is 0 Å². The third kappa shape index (κ3) is 7.18. The van der Waals surface area contributed by atoms with Crippen molar-refractivity contribution in [2.75, 3.05) is 36.2 Å². The van der Waals surface area contributed by atoms with Crippen LogP contribution in [0.15, 0.2) is 42.5 Å². The van der Waals surface area contributed by atoms with Gasteiger partial charge in [-0.3, -0.25) is 4.55 Å². The van der Waals surface area contributed by atoms with Crippen LogP contribution in [0.1, 0.15) is 18.1 Å². The predicted molar refractivity (Wildman–Crippen MR) is 101 cm³/mol. The lowest BCUT2D eigenvalue weighted by molar-refractivity contribution is 0.318. The van der Waals surface area contributed by atoms with Crippen molar-refractivity contribution in [1.82, 2.24) is 0 Å². The minimum Gasteiger partial charge on any atom is -0.491 e. The first-order valence-corrected chi connectivity index (χ1v) is 9.55. The van der Waals surface area contributed by atoms with Crippen LogP contribution >= 0.6 is 0 Å². The number of epoxide rings is 1. The second-order valence-electron chi connectivity index (χ2n) is 5.78. The Bertz CT molecular complexity index is 838. The van der Waals surface area contributed by atoms with Crippen molar-refractivity contribution in [3.63, 3.8) is 0 Å². The second-order valence-corrected chi connectivity index (χ2v) is 7.35. The summed E-state index contributed by atoms with van der Waals surface area (Å²) < 4.78 is 39.6. The highest BCUT2D eigenvalue weighted by Crippen LogP contribution is 2.30. The number of benzene rings is 2. The van der Waals surface area contributed by atoms with Gasteiger partial charge in [0, 0.05) is 17.4 Å². The minimum absolute atomic E-state index is 0.146. The fraction of sp³-hybridized carbons (Fsp3) is 0.294. The van der Waals surface area contributed by atoms with E-state index in [0.29, 0.717) is 23.2 Å². The molecular weight excluding hydrogens is 358 g/mol. The summed E-state index contributed by atoms with van der Waals surface area (Å²) in [7, 11) is -3.93. The van der Waals surface area contributed by atoms with Gasteiger partial charge in [-0.1, -0.05) is 12.1 Å². The molecule has 1 heterocycles. The first-order chi connectivity index (χ1) is 12.2. The molecule has 3 rings (SSSR count). The molecule has 1 unspecified atom stereocenters. The zero-order valence-electron chi connectivity index (χ0n) is 14.2. The molecule has 1 atom stereocenters. The summed E-state index contributed by atoms with van der Waals surface area (Å²) in [5, 5.41) is 0. The van der Waals surface area contributed by atoms with Crippen molar-refractivity contribution in [2.24, 2.45) is 0 Å². The fourth-order valence-electron chi connectivity index (χ4n) is 2.10. The molecular formula is C17H23N3O5S. The average molecular weight is 381 g/mol. The summed E-state index contributed by atoms with van der Waals surface area (Å²) in [5.74, 6) is 0.0743. The quantitative estimate of drug-likeness (QED) is 0.256. The highest BCUT2D eigenvalue weighted by atomic mass is 32.2. The van der Waals surface area contributed by atoms with Gasteiger partial charge in [0.05, 0.1) is 24.7 Å². The van der Waals surface area contributed by atoms with Crippen LogP contribution in [0.5, 0.6) is 5.75 Å². The summed E-state index contributed by atoms with van der Waals surface area (Å²) >= 11 is 0. The van der Waals surface area contributed by atoms with Crippen LogP contribution in [0, 0.1) is 0 Å². The van der Waals surface area contributed by atoms with E-state index in [9.17, 15) is 8.42 Å². The van der Waals surface area contributed by atoms with Crippen LogP contribution in [0.3, 0.4) is 0 Å². The van der Waals surface area contributed by atoms with Gasteiger partial charge < -0.3 is 26.7 Å². The molecule has 7 N–H and O–H groups in total. The maximum absolute atomic E-state index is 10.4. The number of anilines is 3. The molecule has 0 saturated carbocycles. The van der Waals surface area contributed by atoms with Crippen molar-refractivity contribution in [1.29, 1.82) is 0 Å². The average Bonchev–Trinajstić information content (AvgIpc) is 3.39. The van der Waals surface area contributed by atoms with Gasteiger partial charge in [0.2, 0.25) is 0 Å².